The summed E-state index contributed by atoms with van der Waals surface area (Å²) in [5, 5.41) is 3.49. The Morgan fingerprint density at radius 1 is 1.10 bits per heavy atom. The zero-order valence-electron chi connectivity index (χ0n) is 17.1. The summed E-state index contributed by atoms with van der Waals surface area (Å²) in [5.41, 5.74) is 2.70. The van der Waals surface area contributed by atoms with Crippen LogP contribution in [0.2, 0.25) is 0 Å². The minimum absolute atomic E-state index is 0.0430. The lowest BCUT2D eigenvalue weighted by Gasteiger charge is -2.32. The Morgan fingerprint density at radius 3 is 2.57 bits per heavy atom. The molecule has 2 heterocycles. The first-order valence-corrected chi connectivity index (χ1v) is 11.2. The summed E-state index contributed by atoms with van der Waals surface area (Å²) < 4.78 is 1.59. The molecule has 6 nitrogen and oxygen atoms in total. The fraction of sp³-hybridized carbons (Fsp3) is 0.348. The Morgan fingerprint density at radius 2 is 1.80 bits per heavy atom. The summed E-state index contributed by atoms with van der Waals surface area (Å²) in [6, 6.07) is 18.2. The second kappa shape index (κ2) is 9.45. The van der Waals surface area contributed by atoms with Crippen molar-refractivity contribution < 1.29 is 4.79 Å². The number of carbonyl (C=O) groups is 1. The molecular formula is C23H26N4O2S. The topological polar surface area (TPSA) is 67.2 Å². The lowest BCUT2D eigenvalue weighted by atomic mass is 10.0. The summed E-state index contributed by atoms with van der Waals surface area (Å²) in [5.74, 6) is 0.156. The highest BCUT2D eigenvalue weighted by Crippen LogP contribution is 2.17. The molecule has 0 bridgehead atoms. The van der Waals surface area contributed by atoms with E-state index in [-0.39, 0.29) is 23.3 Å². The average molecular weight is 423 g/mol. The molecule has 0 atom stereocenters. The number of aromatic nitrogens is 2. The third-order valence-corrected chi connectivity index (χ3v) is 6.44. The molecule has 2 aromatic carbocycles. The first kappa shape index (κ1) is 20.6. The van der Waals surface area contributed by atoms with Crippen molar-refractivity contribution in [3.63, 3.8) is 0 Å². The summed E-state index contributed by atoms with van der Waals surface area (Å²) in [6.07, 6.45) is 1.89. The van der Waals surface area contributed by atoms with Gasteiger partial charge in [-0.25, -0.2) is 4.98 Å². The number of fused-ring (bicyclic) bond motifs is 1. The number of hydrogen-bond donors (Lipinski definition) is 1. The number of nitrogens with one attached hydrogen (secondary N) is 1. The van der Waals surface area contributed by atoms with Crippen LogP contribution in [0.3, 0.4) is 0 Å². The maximum absolute atomic E-state index is 12.5. The van der Waals surface area contributed by atoms with E-state index in [4.69, 9.17) is 0 Å². The molecule has 0 spiro atoms. The Kier molecular flexibility index (Phi) is 6.50. The van der Waals surface area contributed by atoms with E-state index in [9.17, 15) is 9.59 Å². The second-order valence-corrected chi connectivity index (χ2v) is 8.63. The van der Waals surface area contributed by atoms with Crippen LogP contribution in [0.4, 0.5) is 0 Å². The molecule has 1 amide bonds. The van der Waals surface area contributed by atoms with Gasteiger partial charge in [-0.15, -0.1) is 0 Å². The fourth-order valence-corrected chi connectivity index (χ4v) is 4.60. The van der Waals surface area contributed by atoms with Crippen LogP contribution < -0.4 is 10.9 Å². The number of para-hydroxylation sites is 2. The number of aryl methyl sites for hydroxylation is 1. The zero-order valence-corrected chi connectivity index (χ0v) is 17.9. The molecule has 7 heteroatoms. The second-order valence-electron chi connectivity index (χ2n) is 7.66. The van der Waals surface area contributed by atoms with E-state index in [1.54, 1.807) is 11.6 Å². The molecule has 3 aromatic rings. The van der Waals surface area contributed by atoms with Crippen molar-refractivity contribution >= 4 is 28.7 Å². The van der Waals surface area contributed by atoms with E-state index in [0.29, 0.717) is 5.03 Å². The van der Waals surface area contributed by atoms with Gasteiger partial charge < -0.3 is 9.88 Å². The van der Waals surface area contributed by atoms with Crippen LogP contribution in [-0.4, -0.2) is 45.2 Å². The SMILES string of the molecule is Cn1c(=O)c(SCC(=O)NC2CCN(Cc3ccccc3)CC2)nc2ccccc21. The quantitative estimate of drug-likeness (QED) is 0.619. The first-order chi connectivity index (χ1) is 14.6. The predicted octanol–water partition coefficient (Wildman–Crippen LogP) is 2.81. The van der Waals surface area contributed by atoms with Gasteiger partial charge in [0, 0.05) is 32.7 Å². The van der Waals surface area contributed by atoms with Gasteiger partial charge in [0.15, 0.2) is 5.03 Å². The van der Waals surface area contributed by atoms with Crippen LogP contribution in [0, 0.1) is 0 Å². The molecule has 30 heavy (non-hydrogen) atoms. The van der Waals surface area contributed by atoms with Crippen LogP contribution in [-0.2, 0) is 18.4 Å². The number of hydrogen-bond acceptors (Lipinski definition) is 5. The summed E-state index contributed by atoms with van der Waals surface area (Å²) in [6.45, 7) is 2.90. The normalized spacial score (nSPS) is 15.4. The smallest absolute Gasteiger partial charge is 0.283 e. The summed E-state index contributed by atoms with van der Waals surface area (Å²) in [4.78, 5) is 31.8. The van der Waals surface area contributed by atoms with Crippen LogP contribution in [0.25, 0.3) is 11.0 Å². The summed E-state index contributed by atoms with van der Waals surface area (Å²) >= 11 is 1.21. The maximum atomic E-state index is 12.5. The molecular weight excluding hydrogens is 396 g/mol. The van der Waals surface area contributed by atoms with Gasteiger partial charge in [0.1, 0.15) is 0 Å². The third kappa shape index (κ3) is 4.91. The summed E-state index contributed by atoms with van der Waals surface area (Å²) in [7, 11) is 1.74. The third-order valence-electron chi connectivity index (χ3n) is 5.49. The minimum Gasteiger partial charge on any atom is -0.353 e. The van der Waals surface area contributed by atoms with Gasteiger partial charge in [0.25, 0.3) is 5.56 Å². The number of thioether (sulfide) groups is 1. The highest BCUT2D eigenvalue weighted by molar-refractivity contribution is 7.99. The molecule has 1 aliphatic rings. The molecule has 156 valence electrons. The van der Waals surface area contributed by atoms with Crippen LogP contribution in [0.1, 0.15) is 18.4 Å². The zero-order chi connectivity index (χ0) is 20.9. The molecule has 0 unspecified atom stereocenters. The van der Waals surface area contributed by atoms with E-state index in [2.05, 4.69) is 39.5 Å². The van der Waals surface area contributed by atoms with Crippen LogP contribution >= 0.6 is 11.8 Å². The number of carbonyl (C=O) groups excluding carboxylic acids is 1. The molecule has 1 aliphatic heterocycles. The van der Waals surface area contributed by atoms with Crippen molar-refractivity contribution in [2.75, 3.05) is 18.8 Å². The Balaban J connectivity index is 1.27. The Bertz CT molecular complexity index is 1080. The predicted molar refractivity (Wildman–Crippen MR) is 121 cm³/mol. The van der Waals surface area contributed by atoms with Gasteiger partial charge in [0.05, 0.1) is 16.8 Å². The lowest BCUT2D eigenvalue weighted by molar-refractivity contribution is -0.119. The van der Waals surface area contributed by atoms with Crippen molar-refractivity contribution in [1.29, 1.82) is 0 Å². The van der Waals surface area contributed by atoms with E-state index in [1.165, 1.54) is 17.3 Å². The number of benzene rings is 2. The molecule has 1 N–H and O–H groups in total. The van der Waals surface area contributed by atoms with Gasteiger partial charge in [-0.2, -0.15) is 0 Å². The van der Waals surface area contributed by atoms with E-state index in [1.807, 2.05) is 30.3 Å². The van der Waals surface area contributed by atoms with Crippen molar-refractivity contribution in [3.05, 3.63) is 70.5 Å². The number of likely N-dealkylation sites (tertiary alicyclic amines) is 1. The lowest BCUT2D eigenvalue weighted by Crippen LogP contribution is -2.44. The van der Waals surface area contributed by atoms with Crippen LogP contribution in [0.15, 0.2) is 64.4 Å². The highest BCUT2D eigenvalue weighted by Gasteiger charge is 2.21. The fourth-order valence-electron chi connectivity index (χ4n) is 3.83. The monoisotopic (exact) mass is 422 g/mol. The molecule has 1 saturated heterocycles. The number of rotatable bonds is 6. The Labute approximate surface area is 180 Å². The van der Waals surface area contributed by atoms with E-state index >= 15 is 0 Å². The van der Waals surface area contributed by atoms with Crippen molar-refractivity contribution in [2.24, 2.45) is 7.05 Å². The van der Waals surface area contributed by atoms with Gasteiger partial charge in [-0.3, -0.25) is 14.5 Å². The molecule has 0 radical (unpaired) electrons. The van der Waals surface area contributed by atoms with Gasteiger partial charge in [-0.05, 0) is 30.5 Å². The van der Waals surface area contributed by atoms with Crippen LogP contribution in [0.5, 0.6) is 0 Å². The first-order valence-electron chi connectivity index (χ1n) is 10.2. The largest absolute Gasteiger partial charge is 0.353 e. The molecule has 1 aromatic heterocycles. The number of piperidine rings is 1. The minimum atomic E-state index is -0.166. The standard InChI is InChI=1S/C23H26N4O2S/c1-26-20-10-6-5-9-19(20)25-22(23(26)29)30-16-21(28)24-18-11-13-27(14-12-18)15-17-7-3-2-4-8-17/h2-10,18H,11-16H2,1H3,(H,24,28). The van der Waals surface area contributed by atoms with E-state index < -0.39 is 0 Å². The van der Waals surface area contributed by atoms with Crippen molar-refractivity contribution in [2.45, 2.75) is 30.5 Å². The van der Waals surface area contributed by atoms with Gasteiger partial charge in [0.2, 0.25) is 5.91 Å². The van der Waals surface area contributed by atoms with Crippen molar-refractivity contribution in [3.8, 4) is 0 Å². The van der Waals surface area contributed by atoms with E-state index in [0.717, 1.165) is 43.5 Å². The highest BCUT2D eigenvalue weighted by atomic mass is 32.2. The molecule has 0 saturated carbocycles. The van der Waals surface area contributed by atoms with Crippen molar-refractivity contribution in [1.82, 2.24) is 19.8 Å². The van der Waals surface area contributed by atoms with Gasteiger partial charge in [-0.1, -0.05) is 54.2 Å². The molecule has 4 rings (SSSR count). The number of amides is 1. The maximum Gasteiger partial charge on any atom is 0.283 e. The number of nitrogens with zero attached hydrogens (tertiary/aromatic N) is 3. The average Bonchev–Trinajstić information content (AvgIpc) is 2.77. The van der Waals surface area contributed by atoms with Gasteiger partial charge >= 0.3 is 0 Å². The molecule has 0 aliphatic carbocycles. The molecule has 1 fully saturated rings. The Hall–Kier alpha value is -2.64.